The Balaban J connectivity index is 1.75. The van der Waals surface area contributed by atoms with E-state index in [-0.39, 0.29) is 16.6 Å². The zero-order valence-electron chi connectivity index (χ0n) is 13.7. The third kappa shape index (κ3) is 1.91. The molecule has 0 aromatic heterocycles. The zero-order valence-corrected chi connectivity index (χ0v) is 13.7. The topological polar surface area (TPSA) is 51.2 Å². The number of hydrogen-bond acceptors (Lipinski definition) is 3. The summed E-state index contributed by atoms with van der Waals surface area (Å²) in [5, 5.41) is 0. The van der Waals surface area contributed by atoms with Crippen molar-refractivity contribution in [3.8, 4) is 0 Å². The van der Waals surface area contributed by atoms with Crippen molar-refractivity contribution in [2.45, 2.75) is 51.9 Å². The van der Waals surface area contributed by atoms with Gasteiger partial charge in [0.25, 0.3) is 0 Å². The fourth-order valence-corrected chi connectivity index (χ4v) is 6.27. The lowest BCUT2D eigenvalue weighted by Crippen LogP contribution is -2.50. The van der Waals surface area contributed by atoms with Crippen molar-refractivity contribution in [1.82, 2.24) is 0 Å². The van der Waals surface area contributed by atoms with Crippen molar-refractivity contribution < 1.29 is 14.4 Å². The van der Waals surface area contributed by atoms with E-state index < -0.39 is 0 Å². The maximum Gasteiger partial charge on any atom is 0.178 e. The van der Waals surface area contributed by atoms with Crippen molar-refractivity contribution in [3.05, 3.63) is 23.8 Å². The van der Waals surface area contributed by atoms with Crippen LogP contribution in [-0.2, 0) is 14.4 Å². The number of hydrogen-bond donors (Lipinski definition) is 0. The molecule has 23 heavy (non-hydrogen) atoms. The number of carbonyl (C=O) groups is 3. The van der Waals surface area contributed by atoms with Gasteiger partial charge in [-0.3, -0.25) is 9.59 Å². The first-order valence-electron chi connectivity index (χ1n) is 8.92. The second kappa shape index (κ2) is 4.99. The third-order valence-electron chi connectivity index (χ3n) is 7.44. The first-order chi connectivity index (χ1) is 11.0. The van der Waals surface area contributed by atoms with E-state index in [0.29, 0.717) is 30.0 Å². The molecule has 4 aliphatic carbocycles. The van der Waals surface area contributed by atoms with Crippen LogP contribution < -0.4 is 0 Å². The molecule has 4 rings (SSSR count). The molecule has 0 aromatic carbocycles. The van der Waals surface area contributed by atoms with Crippen LogP contribution in [0.3, 0.4) is 0 Å². The zero-order chi connectivity index (χ0) is 16.2. The monoisotopic (exact) mass is 312 g/mol. The Labute approximate surface area is 137 Å². The van der Waals surface area contributed by atoms with Gasteiger partial charge in [0.1, 0.15) is 12.1 Å². The molecule has 0 heterocycles. The molecule has 122 valence electrons. The molecular weight excluding hydrogens is 288 g/mol. The molecule has 0 aliphatic heterocycles. The molecule has 3 heteroatoms. The van der Waals surface area contributed by atoms with E-state index in [4.69, 9.17) is 0 Å². The summed E-state index contributed by atoms with van der Waals surface area (Å²) in [6.07, 6.45) is 12.6. The fourth-order valence-electron chi connectivity index (χ4n) is 6.27. The minimum atomic E-state index is -0.258. The van der Waals surface area contributed by atoms with Gasteiger partial charge in [-0.15, -0.1) is 0 Å². The lowest BCUT2D eigenvalue weighted by atomic mass is 9.47. The molecule has 0 radical (unpaired) electrons. The molecule has 0 spiro atoms. The van der Waals surface area contributed by atoms with Crippen LogP contribution in [0, 0.1) is 28.6 Å². The Morgan fingerprint density at radius 2 is 2.00 bits per heavy atom. The average Bonchev–Trinajstić information content (AvgIpc) is 2.84. The van der Waals surface area contributed by atoms with Gasteiger partial charge in [-0.25, -0.2) is 0 Å². The van der Waals surface area contributed by atoms with Crippen LogP contribution in [0.1, 0.15) is 51.9 Å². The molecule has 0 bridgehead atoms. The molecule has 3 nitrogen and oxygen atoms in total. The van der Waals surface area contributed by atoms with Gasteiger partial charge in [-0.1, -0.05) is 18.6 Å². The van der Waals surface area contributed by atoms with Gasteiger partial charge in [-0.2, -0.15) is 0 Å². The van der Waals surface area contributed by atoms with Crippen molar-refractivity contribution in [2.75, 3.05) is 0 Å². The van der Waals surface area contributed by atoms with E-state index in [1.54, 1.807) is 12.2 Å². The van der Waals surface area contributed by atoms with E-state index in [1.807, 2.05) is 6.08 Å². The van der Waals surface area contributed by atoms with Gasteiger partial charge < -0.3 is 4.79 Å². The van der Waals surface area contributed by atoms with E-state index in [9.17, 15) is 14.4 Å². The van der Waals surface area contributed by atoms with Crippen molar-refractivity contribution in [3.63, 3.8) is 0 Å². The van der Waals surface area contributed by atoms with Gasteiger partial charge in [-0.05, 0) is 62.0 Å². The van der Waals surface area contributed by atoms with Crippen LogP contribution in [0.25, 0.3) is 0 Å². The summed E-state index contributed by atoms with van der Waals surface area (Å²) in [4.78, 5) is 35.6. The molecule has 0 amide bonds. The summed E-state index contributed by atoms with van der Waals surface area (Å²) in [6, 6.07) is 0. The van der Waals surface area contributed by atoms with Crippen molar-refractivity contribution in [1.29, 1.82) is 0 Å². The molecule has 3 saturated carbocycles. The lowest BCUT2D eigenvalue weighted by Gasteiger charge is -2.56. The number of allylic oxidation sites excluding steroid dienone is 4. The van der Waals surface area contributed by atoms with Gasteiger partial charge >= 0.3 is 0 Å². The number of fused-ring (bicyclic) bond motifs is 5. The Morgan fingerprint density at radius 3 is 2.78 bits per heavy atom. The van der Waals surface area contributed by atoms with E-state index in [1.165, 1.54) is 0 Å². The summed E-state index contributed by atoms with van der Waals surface area (Å²) >= 11 is 0. The molecule has 5 atom stereocenters. The highest BCUT2D eigenvalue weighted by Crippen LogP contribution is 2.64. The van der Waals surface area contributed by atoms with Crippen LogP contribution in [0.4, 0.5) is 0 Å². The first-order valence-corrected chi connectivity index (χ1v) is 8.92. The number of aldehydes is 1. The average molecular weight is 312 g/mol. The van der Waals surface area contributed by atoms with Crippen LogP contribution in [0.5, 0.6) is 0 Å². The van der Waals surface area contributed by atoms with Crippen LogP contribution in [0.2, 0.25) is 0 Å². The van der Waals surface area contributed by atoms with Crippen molar-refractivity contribution in [2.24, 2.45) is 28.6 Å². The molecule has 0 saturated heterocycles. The molecule has 0 N–H and O–H groups in total. The largest absolute Gasteiger partial charge is 0.303 e. The van der Waals surface area contributed by atoms with Gasteiger partial charge in [0.05, 0.1) is 0 Å². The molecule has 0 unspecified atom stereocenters. The fraction of sp³-hybridized carbons (Fsp3) is 0.650. The Morgan fingerprint density at radius 1 is 1.17 bits per heavy atom. The van der Waals surface area contributed by atoms with E-state index in [2.05, 4.69) is 6.92 Å². The Bertz CT molecular complexity index is 643. The van der Waals surface area contributed by atoms with E-state index >= 15 is 0 Å². The second-order valence-electron chi connectivity index (χ2n) is 8.15. The summed E-state index contributed by atoms with van der Waals surface area (Å²) in [5.41, 5.74) is 0.760. The van der Waals surface area contributed by atoms with Gasteiger partial charge in [0.2, 0.25) is 0 Å². The van der Waals surface area contributed by atoms with Gasteiger partial charge in [0.15, 0.2) is 5.78 Å². The predicted molar refractivity (Wildman–Crippen MR) is 86.6 cm³/mol. The lowest BCUT2D eigenvalue weighted by molar-refractivity contribution is -0.132. The summed E-state index contributed by atoms with van der Waals surface area (Å²) < 4.78 is 0. The third-order valence-corrected chi connectivity index (χ3v) is 7.44. The predicted octanol–water partition coefficient (Wildman–Crippen LogP) is 3.43. The normalized spacial score (nSPS) is 45.1. The Hall–Kier alpha value is -1.51. The maximum absolute atomic E-state index is 12.4. The quantitative estimate of drug-likeness (QED) is 0.734. The van der Waals surface area contributed by atoms with Crippen LogP contribution in [-0.4, -0.2) is 17.9 Å². The van der Waals surface area contributed by atoms with Crippen molar-refractivity contribution >= 4 is 17.9 Å². The summed E-state index contributed by atoms with van der Waals surface area (Å²) in [5.74, 6) is 1.87. The molecule has 3 fully saturated rings. The number of rotatable bonds is 2. The highest BCUT2D eigenvalue weighted by molar-refractivity contribution is 6.01. The maximum atomic E-state index is 12.4. The van der Waals surface area contributed by atoms with E-state index in [0.717, 1.165) is 50.4 Å². The van der Waals surface area contributed by atoms with Crippen LogP contribution in [0.15, 0.2) is 23.8 Å². The highest BCUT2D eigenvalue weighted by atomic mass is 16.1. The first kappa shape index (κ1) is 15.0. The number of ketones is 2. The minimum Gasteiger partial charge on any atom is -0.303 e. The number of Topliss-reactive ketones (excluding diaryl/α,β-unsaturated/α-hetero) is 1. The SMILES string of the molecule is C[C@]12CC[C@H]3[C@@H](CCC4=CC(=O)C=C[C@@]43CC=O)[C@@H]1CCC2=O. The minimum absolute atomic E-state index is 0.0525. The smallest absolute Gasteiger partial charge is 0.178 e. The standard InChI is InChI=1S/C20H24O3/c1-19-8-7-17-15(16(19)4-5-18(19)23)3-2-13-12-14(22)6-9-20(13,17)10-11-21/h6,9,11-12,15-17H,2-5,7-8,10H2,1H3/t15-,16-,17-,19-,20+/m0/s1. The van der Waals surface area contributed by atoms with Gasteiger partial charge in [0, 0.05) is 23.7 Å². The molecule has 4 aliphatic rings. The number of carbonyl (C=O) groups excluding carboxylic acids is 3. The Kier molecular flexibility index (Phi) is 3.26. The summed E-state index contributed by atoms with van der Waals surface area (Å²) in [7, 11) is 0. The van der Waals surface area contributed by atoms with Crippen LogP contribution >= 0.6 is 0 Å². The molecular formula is C20H24O3. The summed E-state index contributed by atoms with van der Waals surface area (Å²) in [6.45, 7) is 2.17. The second-order valence-corrected chi connectivity index (χ2v) is 8.15. The highest BCUT2D eigenvalue weighted by Gasteiger charge is 2.59. The molecule has 0 aromatic rings.